The van der Waals surface area contributed by atoms with Crippen LogP contribution in [0, 0.1) is 0 Å². The molecule has 0 bridgehead atoms. The highest BCUT2D eigenvalue weighted by molar-refractivity contribution is 5.44. The van der Waals surface area contributed by atoms with E-state index in [2.05, 4.69) is 48.2 Å². The van der Waals surface area contributed by atoms with Gasteiger partial charge in [-0.1, -0.05) is 18.2 Å². The highest BCUT2D eigenvalue weighted by atomic mass is 16.3. The third-order valence-corrected chi connectivity index (χ3v) is 2.94. The van der Waals surface area contributed by atoms with Crippen LogP contribution in [-0.4, -0.2) is 49.8 Å². The van der Waals surface area contributed by atoms with Crippen LogP contribution >= 0.6 is 0 Å². The summed E-state index contributed by atoms with van der Waals surface area (Å²) in [6.45, 7) is 4.79. The van der Waals surface area contributed by atoms with Crippen molar-refractivity contribution in [1.29, 1.82) is 0 Å². The van der Waals surface area contributed by atoms with Gasteiger partial charge in [0.1, 0.15) is 0 Å². The zero-order valence-corrected chi connectivity index (χ0v) is 11.1. The van der Waals surface area contributed by atoms with Gasteiger partial charge in [0.2, 0.25) is 0 Å². The van der Waals surface area contributed by atoms with Gasteiger partial charge in [-0.15, -0.1) is 0 Å². The molecule has 0 saturated carbocycles. The second-order valence-corrected chi connectivity index (χ2v) is 4.70. The van der Waals surface area contributed by atoms with E-state index in [-0.39, 0.29) is 6.10 Å². The quantitative estimate of drug-likeness (QED) is 0.782. The molecular formula is C14H24N2O. The molecule has 0 radical (unpaired) electrons. The van der Waals surface area contributed by atoms with Gasteiger partial charge in [-0.05, 0) is 32.5 Å². The Labute approximate surface area is 105 Å². The molecular weight excluding hydrogens is 212 g/mol. The van der Waals surface area contributed by atoms with Gasteiger partial charge in [-0.25, -0.2) is 0 Å². The summed E-state index contributed by atoms with van der Waals surface area (Å²) in [5.74, 6) is 0. The Morgan fingerprint density at radius 1 is 1.06 bits per heavy atom. The molecule has 0 heterocycles. The Morgan fingerprint density at radius 3 is 2.29 bits per heavy atom. The summed E-state index contributed by atoms with van der Waals surface area (Å²) in [6, 6.07) is 10.4. The van der Waals surface area contributed by atoms with E-state index in [4.69, 9.17) is 0 Å². The summed E-state index contributed by atoms with van der Waals surface area (Å²) < 4.78 is 0. The van der Waals surface area contributed by atoms with Gasteiger partial charge in [0, 0.05) is 32.4 Å². The van der Waals surface area contributed by atoms with Crippen LogP contribution in [0.3, 0.4) is 0 Å². The van der Waals surface area contributed by atoms with Crippen molar-refractivity contribution in [2.24, 2.45) is 0 Å². The Morgan fingerprint density at radius 2 is 1.71 bits per heavy atom. The molecule has 17 heavy (non-hydrogen) atoms. The van der Waals surface area contributed by atoms with Crippen molar-refractivity contribution in [3.63, 3.8) is 0 Å². The highest BCUT2D eigenvalue weighted by Crippen LogP contribution is 2.10. The van der Waals surface area contributed by atoms with Crippen molar-refractivity contribution < 1.29 is 5.11 Å². The molecule has 0 saturated heterocycles. The van der Waals surface area contributed by atoms with Crippen molar-refractivity contribution in [3.8, 4) is 0 Å². The number of rotatable bonds is 7. The first-order valence-electron chi connectivity index (χ1n) is 6.22. The number of aliphatic hydroxyl groups excluding tert-OH is 1. The molecule has 0 aliphatic heterocycles. The summed E-state index contributed by atoms with van der Waals surface area (Å²) in [7, 11) is 4.21. The van der Waals surface area contributed by atoms with Crippen LogP contribution in [0.4, 0.5) is 5.69 Å². The molecule has 3 nitrogen and oxygen atoms in total. The predicted octanol–water partition coefficient (Wildman–Crippen LogP) is 1.83. The van der Waals surface area contributed by atoms with Crippen LogP contribution in [0.25, 0.3) is 0 Å². The number of nitrogens with zero attached hydrogens (tertiary/aromatic N) is 2. The van der Waals surface area contributed by atoms with Crippen LogP contribution in [0.2, 0.25) is 0 Å². The highest BCUT2D eigenvalue weighted by Gasteiger charge is 2.04. The van der Waals surface area contributed by atoms with Gasteiger partial charge in [0.25, 0.3) is 0 Å². The average Bonchev–Trinajstić information content (AvgIpc) is 2.34. The lowest BCUT2D eigenvalue weighted by molar-refractivity contribution is 0.165. The Hall–Kier alpha value is -1.06. The molecule has 1 aromatic rings. The molecule has 3 heteroatoms. The molecule has 96 valence electrons. The maximum Gasteiger partial charge on any atom is 0.0524 e. The molecule has 1 rings (SSSR count). The molecule has 1 N–H and O–H groups in total. The van der Waals surface area contributed by atoms with Gasteiger partial charge in [-0.2, -0.15) is 0 Å². The zero-order valence-electron chi connectivity index (χ0n) is 11.1. The van der Waals surface area contributed by atoms with Crippen molar-refractivity contribution in [2.75, 3.05) is 38.6 Å². The lowest BCUT2D eigenvalue weighted by Crippen LogP contribution is -2.32. The lowest BCUT2D eigenvalue weighted by Gasteiger charge is -2.24. The van der Waals surface area contributed by atoms with Crippen LogP contribution in [0.15, 0.2) is 30.3 Å². The second-order valence-electron chi connectivity index (χ2n) is 4.70. The summed E-state index contributed by atoms with van der Waals surface area (Å²) in [5.41, 5.74) is 1.25. The standard InChI is InChI=1S/C14H24N2O/c1-13(17)9-10-15(2)11-12-16(3)14-7-5-4-6-8-14/h4-8,13,17H,9-12H2,1-3H3. The van der Waals surface area contributed by atoms with Crippen LogP contribution in [0.5, 0.6) is 0 Å². The predicted molar refractivity (Wildman–Crippen MR) is 73.5 cm³/mol. The second kappa shape index (κ2) is 7.30. The molecule has 0 aromatic heterocycles. The van der Waals surface area contributed by atoms with E-state index in [9.17, 15) is 5.11 Å². The number of para-hydroxylation sites is 1. The van der Waals surface area contributed by atoms with Crippen LogP contribution in [-0.2, 0) is 0 Å². The SMILES string of the molecule is CC(O)CCN(C)CCN(C)c1ccccc1. The smallest absolute Gasteiger partial charge is 0.0524 e. The van der Waals surface area contributed by atoms with E-state index in [1.807, 2.05) is 13.0 Å². The number of benzene rings is 1. The molecule has 0 aliphatic rings. The van der Waals surface area contributed by atoms with E-state index in [1.54, 1.807) is 0 Å². The van der Waals surface area contributed by atoms with E-state index < -0.39 is 0 Å². The Bertz CT molecular complexity index is 300. The maximum absolute atomic E-state index is 9.22. The topological polar surface area (TPSA) is 26.7 Å². The zero-order chi connectivity index (χ0) is 12.7. The van der Waals surface area contributed by atoms with Crippen LogP contribution in [0.1, 0.15) is 13.3 Å². The minimum Gasteiger partial charge on any atom is -0.393 e. The molecule has 1 aromatic carbocycles. The summed E-state index contributed by atoms with van der Waals surface area (Å²) in [6.07, 6.45) is 0.634. The van der Waals surface area contributed by atoms with E-state index in [0.29, 0.717) is 0 Å². The van der Waals surface area contributed by atoms with Gasteiger partial charge >= 0.3 is 0 Å². The number of hydrogen-bond donors (Lipinski definition) is 1. The molecule has 0 spiro atoms. The molecule has 0 aliphatic carbocycles. The lowest BCUT2D eigenvalue weighted by atomic mass is 10.2. The van der Waals surface area contributed by atoms with E-state index in [0.717, 1.165) is 26.1 Å². The van der Waals surface area contributed by atoms with Gasteiger partial charge < -0.3 is 14.9 Å². The average molecular weight is 236 g/mol. The van der Waals surface area contributed by atoms with Crippen molar-refractivity contribution >= 4 is 5.69 Å². The maximum atomic E-state index is 9.22. The minimum absolute atomic E-state index is 0.204. The third-order valence-electron chi connectivity index (χ3n) is 2.94. The summed E-state index contributed by atoms with van der Waals surface area (Å²) in [5, 5.41) is 9.22. The van der Waals surface area contributed by atoms with Gasteiger partial charge in [0.05, 0.1) is 6.10 Å². The van der Waals surface area contributed by atoms with Gasteiger partial charge in [0.15, 0.2) is 0 Å². The summed E-state index contributed by atoms with van der Waals surface area (Å²) in [4.78, 5) is 4.50. The number of likely N-dealkylation sites (N-methyl/N-ethyl adjacent to an activating group) is 2. The van der Waals surface area contributed by atoms with Crippen molar-refractivity contribution in [1.82, 2.24) is 4.90 Å². The first kappa shape index (κ1) is 14.0. The Kier molecular flexibility index (Phi) is 6.01. The fourth-order valence-electron chi connectivity index (χ4n) is 1.65. The van der Waals surface area contributed by atoms with Gasteiger partial charge in [-0.3, -0.25) is 0 Å². The molecule has 0 amide bonds. The van der Waals surface area contributed by atoms with E-state index >= 15 is 0 Å². The normalized spacial score (nSPS) is 12.8. The molecule has 0 fully saturated rings. The molecule has 1 unspecified atom stereocenters. The first-order valence-corrected chi connectivity index (χ1v) is 6.22. The van der Waals surface area contributed by atoms with Crippen molar-refractivity contribution in [2.45, 2.75) is 19.4 Å². The van der Waals surface area contributed by atoms with Crippen molar-refractivity contribution in [3.05, 3.63) is 30.3 Å². The fourth-order valence-corrected chi connectivity index (χ4v) is 1.65. The fraction of sp³-hybridized carbons (Fsp3) is 0.571. The minimum atomic E-state index is -0.204. The molecule has 1 atom stereocenters. The van der Waals surface area contributed by atoms with E-state index in [1.165, 1.54) is 5.69 Å². The Balaban J connectivity index is 2.26. The monoisotopic (exact) mass is 236 g/mol. The first-order chi connectivity index (χ1) is 8.09. The van der Waals surface area contributed by atoms with Crippen LogP contribution < -0.4 is 4.90 Å². The number of hydrogen-bond acceptors (Lipinski definition) is 3. The number of aliphatic hydroxyl groups is 1. The largest absolute Gasteiger partial charge is 0.393 e. The third kappa shape index (κ3) is 5.71. The number of anilines is 1. The summed E-state index contributed by atoms with van der Waals surface area (Å²) >= 11 is 0.